The molecule has 0 unspecified atom stereocenters. The van der Waals surface area contributed by atoms with Crippen LogP contribution in [0.1, 0.15) is 12.2 Å². The number of nitrogens with one attached hydrogen (secondary N) is 1. The summed E-state index contributed by atoms with van der Waals surface area (Å²) >= 11 is 5.81. The third kappa shape index (κ3) is 4.87. The molecule has 1 aromatic heterocycles. The fourth-order valence-electron chi connectivity index (χ4n) is 1.91. The van der Waals surface area contributed by atoms with Gasteiger partial charge in [0.05, 0.1) is 0 Å². The van der Waals surface area contributed by atoms with E-state index in [1.807, 2.05) is 43.6 Å². The van der Waals surface area contributed by atoms with Gasteiger partial charge in [0.2, 0.25) is 0 Å². The molecule has 20 heavy (non-hydrogen) atoms. The SMILES string of the molecule is Cc1nccn1CCCNCCOc1ccc(Cl)cc1. The molecular formula is C15H20ClN3O. The highest BCUT2D eigenvalue weighted by Gasteiger charge is 1.96. The van der Waals surface area contributed by atoms with Crippen LogP contribution in [0.5, 0.6) is 5.75 Å². The van der Waals surface area contributed by atoms with Gasteiger partial charge in [-0.15, -0.1) is 0 Å². The zero-order valence-corrected chi connectivity index (χ0v) is 12.4. The Kier molecular flexibility index (Phi) is 5.89. The van der Waals surface area contributed by atoms with E-state index in [9.17, 15) is 0 Å². The van der Waals surface area contributed by atoms with Crippen LogP contribution in [-0.2, 0) is 6.54 Å². The van der Waals surface area contributed by atoms with Gasteiger partial charge in [0.15, 0.2) is 0 Å². The van der Waals surface area contributed by atoms with Crippen LogP contribution in [0, 0.1) is 6.92 Å². The Morgan fingerprint density at radius 1 is 1.25 bits per heavy atom. The standard InChI is InChI=1S/C15H20ClN3O/c1-13-18-8-11-19(13)10-2-7-17-9-12-20-15-5-3-14(16)4-6-15/h3-6,8,11,17H,2,7,9-10,12H2,1H3. The molecule has 4 nitrogen and oxygen atoms in total. The van der Waals surface area contributed by atoms with E-state index >= 15 is 0 Å². The van der Waals surface area contributed by atoms with E-state index in [1.165, 1.54) is 0 Å². The first-order valence-electron chi connectivity index (χ1n) is 6.82. The summed E-state index contributed by atoms with van der Waals surface area (Å²) in [7, 11) is 0. The third-order valence-corrected chi connectivity index (χ3v) is 3.29. The molecule has 0 fully saturated rings. The molecule has 108 valence electrons. The summed E-state index contributed by atoms with van der Waals surface area (Å²) in [4.78, 5) is 4.20. The summed E-state index contributed by atoms with van der Waals surface area (Å²) in [5.41, 5.74) is 0. The van der Waals surface area contributed by atoms with Crippen LogP contribution in [-0.4, -0.2) is 29.2 Å². The number of hydrogen-bond acceptors (Lipinski definition) is 3. The Morgan fingerprint density at radius 2 is 2.05 bits per heavy atom. The molecule has 5 heteroatoms. The summed E-state index contributed by atoms with van der Waals surface area (Å²) in [5, 5.41) is 4.09. The lowest BCUT2D eigenvalue weighted by molar-refractivity contribution is 0.313. The molecule has 0 radical (unpaired) electrons. The second-order valence-corrected chi connectivity index (χ2v) is 5.01. The summed E-state index contributed by atoms with van der Waals surface area (Å²) in [5.74, 6) is 1.92. The maximum absolute atomic E-state index is 5.81. The Labute approximate surface area is 124 Å². The molecular weight excluding hydrogens is 274 g/mol. The minimum absolute atomic E-state index is 0.658. The van der Waals surface area contributed by atoms with Crippen LogP contribution in [0.2, 0.25) is 5.02 Å². The number of imidazole rings is 1. The molecule has 2 aromatic rings. The summed E-state index contributed by atoms with van der Waals surface area (Å²) in [6, 6.07) is 7.42. The lowest BCUT2D eigenvalue weighted by Gasteiger charge is -2.08. The molecule has 0 amide bonds. The van der Waals surface area contributed by atoms with Crippen LogP contribution in [0.15, 0.2) is 36.7 Å². The van der Waals surface area contributed by atoms with Crippen molar-refractivity contribution in [2.24, 2.45) is 0 Å². The average Bonchev–Trinajstić information content (AvgIpc) is 2.85. The van der Waals surface area contributed by atoms with Crippen LogP contribution in [0.3, 0.4) is 0 Å². The maximum atomic E-state index is 5.81. The van der Waals surface area contributed by atoms with E-state index in [2.05, 4.69) is 14.9 Å². The lowest BCUT2D eigenvalue weighted by Crippen LogP contribution is -2.23. The van der Waals surface area contributed by atoms with E-state index in [4.69, 9.17) is 16.3 Å². The zero-order valence-electron chi connectivity index (χ0n) is 11.7. The molecule has 2 rings (SSSR count). The summed E-state index contributed by atoms with van der Waals surface area (Å²) in [6.45, 7) is 5.49. The van der Waals surface area contributed by atoms with Crippen molar-refractivity contribution in [2.45, 2.75) is 19.9 Å². The summed E-state index contributed by atoms with van der Waals surface area (Å²) < 4.78 is 7.75. The van der Waals surface area contributed by atoms with Gasteiger partial charge in [0.1, 0.15) is 18.2 Å². The van der Waals surface area contributed by atoms with Crippen LogP contribution >= 0.6 is 11.6 Å². The normalized spacial score (nSPS) is 10.7. The van der Waals surface area contributed by atoms with Gasteiger partial charge in [-0.3, -0.25) is 0 Å². The number of hydrogen-bond donors (Lipinski definition) is 1. The van der Waals surface area contributed by atoms with Crippen molar-refractivity contribution >= 4 is 11.6 Å². The van der Waals surface area contributed by atoms with E-state index in [-0.39, 0.29) is 0 Å². The van der Waals surface area contributed by atoms with Crippen molar-refractivity contribution in [3.8, 4) is 5.75 Å². The molecule has 1 heterocycles. The minimum atomic E-state index is 0.658. The van der Waals surface area contributed by atoms with Crippen molar-refractivity contribution in [1.29, 1.82) is 0 Å². The van der Waals surface area contributed by atoms with Crippen molar-refractivity contribution in [2.75, 3.05) is 19.7 Å². The molecule has 1 N–H and O–H groups in total. The van der Waals surface area contributed by atoms with E-state index < -0.39 is 0 Å². The second-order valence-electron chi connectivity index (χ2n) is 4.57. The Morgan fingerprint density at radius 3 is 2.75 bits per heavy atom. The van der Waals surface area contributed by atoms with Crippen LogP contribution < -0.4 is 10.1 Å². The Bertz CT molecular complexity index is 510. The van der Waals surface area contributed by atoms with Crippen LogP contribution in [0.25, 0.3) is 0 Å². The minimum Gasteiger partial charge on any atom is -0.492 e. The fourth-order valence-corrected chi connectivity index (χ4v) is 2.04. The quantitative estimate of drug-likeness (QED) is 0.761. The van der Waals surface area contributed by atoms with Gasteiger partial charge in [0, 0.05) is 30.5 Å². The molecule has 1 aromatic carbocycles. The van der Waals surface area contributed by atoms with Gasteiger partial charge in [-0.05, 0) is 44.2 Å². The van der Waals surface area contributed by atoms with E-state index in [1.54, 1.807) is 0 Å². The number of benzene rings is 1. The van der Waals surface area contributed by atoms with Crippen LogP contribution in [0.4, 0.5) is 0 Å². The lowest BCUT2D eigenvalue weighted by atomic mass is 10.3. The van der Waals surface area contributed by atoms with Crippen molar-refractivity contribution in [3.05, 3.63) is 47.5 Å². The smallest absolute Gasteiger partial charge is 0.119 e. The first kappa shape index (κ1) is 14.9. The zero-order chi connectivity index (χ0) is 14.2. The van der Waals surface area contributed by atoms with Gasteiger partial charge in [-0.1, -0.05) is 11.6 Å². The van der Waals surface area contributed by atoms with Crippen molar-refractivity contribution in [3.63, 3.8) is 0 Å². The molecule has 0 spiro atoms. The van der Waals surface area contributed by atoms with E-state index in [0.29, 0.717) is 6.61 Å². The first-order valence-corrected chi connectivity index (χ1v) is 7.20. The summed E-state index contributed by atoms with van der Waals surface area (Å²) in [6.07, 6.45) is 4.93. The molecule has 0 atom stereocenters. The second kappa shape index (κ2) is 7.92. The van der Waals surface area contributed by atoms with Gasteiger partial charge in [-0.25, -0.2) is 4.98 Å². The molecule has 0 saturated carbocycles. The predicted octanol–water partition coefficient (Wildman–Crippen LogP) is 2.90. The van der Waals surface area contributed by atoms with Gasteiger partial charge in [-0.2, -0.15) is 0 Å². The Hall–Kier alpha value is -1.52. The molecule has 0 aliphatic heterocycles. The highest BCUT2D eigenvalue weighted by Crippen LogP contribution is 2.15. The number of nitrogens with zero attached hydrogens (tertiary/aromatic N) is 2. The Balaban J connectivity index is 1.52. The highest BCUT2D eigenvalue weighted by atomic mass is 35.5. The van der Waals surface area contributed by atoms with Gasteiger partial charge in [0.25, 0.3) is 0 Å². The number of rotatable bonds is 8. The largest absolute Gasteiger partial charge is 0.492 e. The molecule has 0 aliphatic rings. The van der Waals surface area contributed by atoms with Gasteiger partial charge < -0.3 is 14.6 Å². The number of aromatic nitrogens is 2. The number of halogens is 1. The van der Waals surface area contributed by atoms with E-state index in [0.717, 1.165) is 42.7 Å². The maximum Gasteiger partial charge on any atom is 0.119 e. The number of aryl methyl sites for hydroxylation is 2. The predicted molar refractivity (Wildman–Crippen MR) is 81.4 cm³/mol. The fraction of sp³-hybridized carbons (Fsp3) is 0.400. The van der Waals surface area contributed by atoms with Crippen molar-refractivity contribution < 1.29 is 4.74 Å². The molecule has 0 bridgehead atoms. The first-order chi connectivity index (χ1) is 9.75. The number of ether oxygens (including phenoxy) is 1. The monoisotopic (exact) mass is 293 g/mol. The topological polar surface area (TPSA) is 39.1 Å². The average molecular weight is 294 g/mol. The molecule has 0 saturated heterocycles. The third-order valence-electron chi connectivity index (χ3n) is 3.04. The molecule has 0 aliphatic carbocycles. The van der Waals surface area contributed by atoms with Crippen molar-refractivity contribution in [1.82, 2.24) is 14.9 Å². The van der Waals surface area contributed by atoms with Gasteiger partial charge >= 0.3 is 0 Å². The highest BCUT2D eigenvalue weighted by molar-refractivity contribution is 6.30.